The van der Waals surface area contributed by atoms with Crippen molar-refractivity contribution in [2.24, 2.45) is 11.8 Å². The first-order valence-corrected chi connectivity index (χ1v) is 9.47. The molecule has 2 aliphatic heterocycles. The molecule has 2 bridgehead atoms. The second-order valence-electron chi connectivity index (χ2n) is 6.85. The number of ether oxygens (including phenoxy) is 2. The quantitative estimate of drug-likeness (QED) is 0.425. The smallest absolute Gasteiger partial charge is 0.303 e. The van der Waals surface area contributed by atoms with E-state index < -0.39 is 5.97 Å². The minimum atomic E-state index is -0.712. The second-order valence-corrected chi connectivity index (χ2v) is 6.85. The summed E-state index contributed by atoms with van der Waals surface area (Å²) in [7, 11) is 0. The third-order valence-corrected chi connectivity index (χ3v) is 5.07. The highest BCUT2D eigenvalue weighted by atomic mass is 16.5. The van der Waals surface area contributed by atoms with Crippen molar-refractivity contribution in [3.05, 3.63) is 24.3 Å². The number of carbonyl (C=O) groups is 1. The molecule has 0 aromatic rings. The van der Waals surface area contributed by atoms with E-state index in [-0.39, 0.29) is 6.42 Å². The number of hydrogen-bond donors (Lipinski definition) is 1. The molecule has 0 radical (unpaired) electrons. The van der Waals surface area contributed by atoms with Gasteiger partial charge < -0.3 is 14.6 Å². The number of rotatable bonds is 12. The largest absolute Gasteiger partial charge is 0.481 e. The molecule has 4 nitrogen and oxygen atoms in total. The molecule has 2 rings (SSSR count). The molecule has 2 heterocycles. The molecule has 4 heteroatoms. The summed E-state index contributed by atoms with van der Waals surface area (Å²) < 4.78 is 12.0. The molecule has 1 N–H and O–H groups in total. The Bertz CT molecular complexity index is 429. The predicted octanol–water partition coefficient (Wildman–Crippen LogP) is 4.35. The Kier molecular flexibility index (Phi) is 8.54. The van der Waals surface area contributed by atoms with Crippen molar-refractivity contribution in [2.45, 2.75) is 70.5 Å². The van der Waals surface area contributed by atoms with E-state index in [1.165, 1.54) is 12.8 Å². The average molecular weight is 336 g/mol. The zero-order chi connectivity index (χ0) is 17.2. The molecule has 4 atom stereocenters. The van der Waals surface area contributed by atoms with Crippen molar-refractivity contribution in [2.75, 3.05) is 13.2 Å². The van der Waals surface area contributed by atoms with Crippen LogP contribution in [0.3, 0.4) is 0 Å². The summed E-state index contributed by atoms with van der Waals surface area (Å²) in [6.45, 7) is 3.74. The van der Waals surface area contributed by atoms with E-state index in [1.807, 2.05) is 0 Å². The summed E-state index contributed by atoms with van der Waals surface area (Å²) in [5, 5.41) is 8.64. The van der Waals surface area contributed by atoms with Crippen molar-refractivity contribution in [3.8, 4) is 0 Å². The number of carboxylic acids is 1. The standard InChI is InChI=1S/C20H32O4/c1-2-3-4-9-14-23-15-17-16(18-12-13-19(17)24-18)10-7-5-6-8-11-20(21)22/h3-5,7,16-19H,2,6,8-15H2,1H3,(H,21,22)/b4-3+,7-5-. The number of fused-ring (bicyclic) bond motifs is 2. The summed E-state index contributed by atoms with van der Waals surface area (Å²) in [6, 6.07) is 0. The monoisotopic (exact) mass is 336 g/mol. The summed E-state index contributed by atoms with van der Waals surface area (Å²) in [6.07, 6.45) is 16.8. The van der Waals surface area contributed by atoms with Crippen LogP contribution in [-0.2, 0) is 14.3 Å². The average Bonchev–Trinajstić information content (AvgIpc) is 3.15. The van der Waals surface area contributed by atoms with Crippen molar-refractivity contribution in [3.63, 3.8) is 0 Å². The van der Waals surface area contributed by atoms with Crippen LogP contribution in [0.4, 0.5) is 0 Å². The van der Waals surface area contributed by atoms with Crippen molar-refractivity contribution >= 4 is 5.97 Å². The van der Waals surface area contributed by atoms with Gasteiger partial charge in [0.2, 0.25) is 0 Å². The van der Waals surface area contributed by atoms with Gasteiger partial charge in [-0.05, 0) is 50.9 Å². The van der Waals surface area contributed by atoms with Gasteiger partial charge in [-0.3, -0.25) is 4.79 Å². The summed E-state index contributed by atoms with van der Waals surface area (Å²) in [5.41, 5.74) is 0. The summed E-state index contributed by atoms with van der Waals surface area (Å²) in [5.74, 6) is 0.365. The first kappa shape index (κ1) is 19.2. The zero-order valence-corrected chi connectivity index (χ0v) is 14.9. The van der Waals surface area contributed by atoms with Gasteiger partial charge in [-0.1, -0.05) is 31.2 Å². The number of hydrogen-bond acceptors (Lipinski definition) is 3. The van der Waals surface area contributed by atoms with Crippen LogP contribution in [0.5, 0.6) is 0 Å². The fraction of sp³-hybridized carbons (Fsp3) is 0.750. The maximum Gasteiger partial charge on any atom is 0.303 e. The van der Waals surface area contributed by atoms with Crippen LogP contribution < -0.4 is 0 Å². The van der Waals surface area contributed by atoms with Crippen LogP contribution in [-0.4, -0.2) is 36.5 Å². The molecular weight excluding hydrogens is 304 g/mol. The molecule has 4 unspecified atom stereocenters. The normalized spacial score (nSPS) is 29.2. The van der Waals surface area contributed by atoms with E-state index in [4.69, 9.17) is 14.6 Å². The first-order valence-electron chi connectivity index (χ1n) is 9.47. The van der Waals surface area contributed by atoms with Gasteiger partial charge in [0, 0.05) is 12.3 Å². The number of aliphatic carboxylic acids is 1. The highest BCUT2D eigenvalue weighted by molar-refractivity contribution is 5.66. The Morgan fingerprint density at radius 2 is 1.88 bits per heavy atom. The molecule has 136 valence electrons. The summed E-state index contributed by atoms with van der Waals surface area (Å²) >= 11 is 0. The van der Waals surface area contributed by atoms with E-state index in [1.54, 1.807) is 0 Å². The van der Waals surface area contributed by atoms with Gasteiger partial charge in [0.25, 0.3) is 0 Å². The number of carboxylic acid groups (broad SMARTS) is 1. The molecule has 0 amide bonds. The number of allylic oxidation sites excluding steroid dienone is 3. The first-order chi connectivity index (χ1) is 11.7. The maximum atomic E-state index is 10.5. The number of unbranched alkanes of at least 4 members (excludes halogenated alkanes) is 1. The molecule has 0 saturated carbocycles. The van der Waals surface area contributed by atoms with Crippen molar-refractivity contribution in [1.29, 1.82) is 0 Å². The van der Waals surface area contributed by atoms with E-state index in [0.717, 1.165) is 45.3 Å². The van der Waals surface area contributed by atoms with Gasteiger partial charge in [0.1, 0.15) is 0 Å². The third-order valence-electron chi connectivity index (χ3n) is 5.07. The highest BCUT2D eigenvalue weighted by Crippen LogP contribution is 2.45. The Morgan fingerprint density at radius 1 is 1.12 bits per heavy atom. The van der Waals surface area contributed by atoms with E-state index in [2.05, 4.69) is 31.2 Å². The molecule has 0 aromatic carbocycles. The van der Waals surface area contributed by atoms with Crippen molar-refractivity contribution in [1.82, 2.24) is 0 Å². The second kappa shape index (κ2) is 10.7. The van der Waals surface area contributed by atoms with Gasteiger partial charge >= 0.3 is 5.97 Å². The third kappa shape index (κ3) is 6.06. The minimum absolute atomic E-state index is 0.254. The van der Waals surface area contributed by atoms with Gasteiger partial charge in [-0.25, -0.2) is 0 Å². The fourth-order valence-electron chi connectivity index (χ4n) is 3.83. The van der Waals surface area contributed by atoms with E-state index in [0.29, 0.717) is 24.0 Å². The molecule has 0 aliphatic carbocycles. The molecule has 2 saturated heterocycles. The Balaban J connectivity index is 1.68. The maximum absolute atomic E-state index is 10.5. The van der Waals surface area contributed by atoms with Gasteiger partial charge in [-0.15, -0.1) is 0 Å². The molecule has 2 aliphatic rings. The Hall–Kier alpha value is -1.13. The lowest BCUT2D eigenvalue weighted by molar-refractivity contribution is -0.137. The molecule has 0 spiro atoms. The predicted molar refractivity (Wildman–Crippen MR) is 95.0 cm³/mol. The fourth-order valence-corrected chi connectivity index (χ4v) is 3.83. The lowest BCUT2D eigenvalue weighted by Gasteiger charge is -2.27. The zero-order valence-electron chi connectivity index (χ0n) is 14.9. The molecule has 2 fully saturated rings. The Labute approximate surface area is 145 Å². The summed E-state index contributed by atoms with van der Waals surface area (Å²) in [4.78, 5) is 10.5. The van der Waals surface area contributed by atoms with Gasteiger partial charge in [-0.2, -0.15) is 0 Å². The topological polar surface area (TPSA) is 55.8 Å². The van der Waals surface area contributed by atoms with Crippen molar-refractivity contribution < 1.29 is 19.4 Å². The molecule has 0 aromatic heterocycles. The highest BCUT2D eigenvalue weighted by Gasteiger charge is 2.48. The van der Waals surface area contributed by atoms with Crippen LogP contribution in [0.1, 0.15) is 58.3 Å². The molecular formula is C20H32O4. The van der Waals surface area contributed by atoms with Crippen LogP contribution in [0.2, 0.25) is 0 Å². The van der Waals surface area contributed by atoms with Crippen LogP contribution in [0.25, 0.3) is 0 Å². The van der Waals surface area contributed by atoms with Crippen LogP contribution in [0.15, 0.2) is 24.3 Å². The van der Waals surface area contributed by atoms with E-state index in [9.17, 15) is 4.79 Å². The Morgan fingerprint density at radius 3 is 2.62 bits per heavy atom. The van der Waals surface area contributed by atoms with Gasteiger partial charge in [0.05, 0.1) is 25.4 Å². The van der Waals surface area contributed by atoms with E-state index >= 15 is 0 Å². The van der Waals surface area contributed by atoms with Gasteiger partial charge in [0.15, 0.2) is 0 Å². The molecule has 24 heavy (non-hydrogen) atoms. The van der Waals surface area contributed by atoms with Crippen LogP contribution >= 0.6 is 0 Å². The minimum Gasteiger partial charge on any atom is -0.481 e. The lowest BCUT2D eigenvalue weighted by atomic mass is 9.78. The lowest BCUT2D eigenvalue weighted by Crippen LogP contribution is -2.30. The SMILES string of the molecule is CC/C=C/CCOCC1C2CCC(O2)C1C/C=C\CCCC(=O)O. The van der Waals surface area contributed by atoms with Crippen LogP contribution in [0, 0.1) is 11.8 Å².